The zero-order chi connectivity index (χ0) is 12.7. The minimum atomic E-state index is -0.361. The van der Waals surface area contributed by atoms with Crippen molar-refractivity contribution in [2.75, 3.05) is 25.1 Å². The van der Waals surface area contributed by atoms with E-state index in [1.807, 2.05) is 11.9 Å². The van der Waals surface area contributed by atoms with Crippen LogP contribution in [0.3, 0.4) is 0 Å². The lowest BCUT2D eigenvalue weighted by Crippen LogP contribution is -2.17. The van der Waals surface area contributed by atoms with Crippen molar-refractivity contribution < 1.29 is 13.9 Å². The fourth-order valence-electron chi connectivity index (χ4n) is 1.32. The second-order valence-electron chi connectivity index (χ2n) is 3.51. The van der Waals surface area contributed by atoms with Gasteiger partial charge in [0.15, 0.2) is 0 Å². The number of carbonyl (C=O) groups is 1. The molecule has 0 spiro atoms. The van der Waals surface area contributed by atoms with Crippen molar-refractivity contribution in [3.63, 3.8) is 0 Å². The summed E-state index contributed by atoms with van der Waals surface area (Å²) in [5.41, 5.74) is 0.763. The Balaban J connectivity index is 2.50. The average molecular weight is 237 g/mol. The molecule has 0 aliphatic carbocycles. The lowest BCUT2D eigenvalue weighted by molar-refractivity contribution is -0.137. The second kappa shape index (κ2) is 6.68. The van der Waals surface area contributed by atoms with Crippen LogP contribution in [0.4, 0.5) is 10.1 Å². The van der Waals surface area contributed by atoms with Gasteiger partial charge in [-0.2, -0.15) is 0 Å². The highest BCUT2D eigenvalue weighted by Gasteiger charge is 2.00. The Morgan fingerprint density at radius 3 is 2.94 bits per heavy atom. The maximum absolute atomic E-state index is 13.0. The maximum Gasteiger partial charge on any atom is 0.330 e. The summed E-state index contributed by atoms with van der Waals surface area (Å²) in [5.74, 6) is -0.635. The van der Waals surface area contributed by atoms with Crippen molar-refractivity contribution >= 4 is 11.7 Å². The van der Waals surface area contributed by atoms with Crippen molar-refractivity contribution in [2.24, 2.45) is 0 Å². The molecule has 17 heavy (non-hydrogen) atoms. The first-order chi connectivity index (χ1) is 8.13. The molecule has 92 valence electrons. The zero-order valence-corrected chi connectivity index (χ0v) is 10.0. The molecule has 0 aliphatic heterocycles. The predicted molar refractivity (Wildman–Crippen MR) is 65.4 cm³/mol. The van der Waals surface area contributed by atoms with E-state index in [1.54, 1.807) is 25.1 Å². The Morgan fingerprint density at radius 2 is 2.29 bits per heavy atom. The van der Waals surface area contributed by atoms with Crippen LogP contribution in [-0.4, -0.2) is 26.2 Å². The number of rotatable bonds is 5. The maximum atomic E-state index is 13.0. The zero-order valence-electron chi connectivity index (χ0n) is 10.0. The number of halogens is 1. The Hall–Kier alpha value is -1.84. The van der Waals surface area contributed by atoms with E-state index >= 15 is 0 Å². The monoisotopic (exact) mass is 237 g/mol. The number of carbonyl (C=O) groups excluding carboxylic acids is 1. The SMILES string of the molecule is CCOC(=O)/C=C/CN(C)c1cccc(F)c1. The van der Waals surface area contributed by atoms with E-state index in [4.69, 9.17) is 4.74 Å². The third-order valence-corrected chi connectivity index (χ3v) is 2.17. The molecule has 0 aromatic heterocycles. The highest BCUT2D eigenvalue weighted by atomic mass is 19.1. The molecule has 0 saturated carbocycles. The molecule has 0 amide bonds. The summed E-state index contributed by atoms with van der Waals surface area (Å²) in [6, 6.07) is 6.29. The van der Waals surface area contributed by atoms with E-state index < -0.39 is 0 Å². The summed E-state index contributed by atoms with van der Waals surface area (Å²) in [6.07, 6.45) is 3.06. The van der Waals surface area contributed by atoms with Crippen LogP contribution in [0.15, 0.2) is 36.4 Å². The smallest absolute Gasteiger partial charge is 0.330 e. The molecule has 0 fully saturated rings. The standard InChI is InChI=1S/C13H16FNO2/c1-3-17-13(16)8-5-9-15(2)12-7-4-6-11(14)10-12/h4-8,10H,3,9H2,1-2H3/b8-5+. The van der Waals surface area contributed by atoms with Crippen LogP contribution in [0.5, 0.6) is 0 Å². The molecule has 4 heteroatoms. The van der Waals surface area contributed by atoms with Crippen molar-refractivity contribution in [1.82, 2.24) is 0 Å². The number of likely N-dealkylation sites (N-methyl/N-ethyl adjacent to an activating group) is 1. The van der Waals surface area contributed by atoms with E-state index in [0.717, 1.165) is 5.69 Å². The van der Waals surface area contributed by atoms with E-state index in [0.29, 0.717) is 13.2 Å². The van der Waals surface area contributed by atoms with Gasteiger partial charge in [0.1, 0.15) is 5.82 Å². The van der Waals surface area contributed by atoms with Crippen molar-refractivity contribution in [1.29, 1.82) is 0 Å². The number of anilines is 1. The fraction of sp³-hybridized carbons (Fsp3) is 0.308. The van der Waals surface area contributed by atoms with Gasteiger partial charge in [-0.1, -0.05) is 12.1 Å². The summed E-state index contributed by atoms with van der Waals surface area (Å²) in [7, 11) is 1.82. The molecule has 0 aliphatic rings. The minimum Gasteiger partial charge on any atom is -0.463 e. The quantitative estimate of drug-likeness (QED) is 0.581. The topological polar surface area (TPSA) is 29.5 Å². The van der Waals surface area contributed by atoms with E-state index in [2.05, 4.69) is 0 Å². The molecule has 0 unspecified atom stereocenters. The first kappa shape index (κ1) is 13.2. The van der Waals surface area contributed by atoms with Gasteiger partial charge < -0.3 is 9.64 Å². The van der Waals surface area contributed by atoms with Crippen molar-refractivity contribution in [3.8, 4) is 0 Å². The van der Waals surface area contributed by atoms with Crippen LogP contribution >= 0.6 is 0 Å². The second-order valence-corrected chi connectivity index (χ2v) is 3.51. The van der Waals surface area contributed by atoms with Gasteiger partial charge in [-0.25, -0.2) is 9.18 Å². The molecule has 0 N–H and O–H groups in total. The Kier molecular flexibility index (Phi) is 5.20. The van der Waals surface area contributed by atoms with E-state index in [1.165, 1.54) is 18.2 Å². The summed E-state index contributed by atoms with van der Waals surface area (Å²) in [6.45, 7) is 2.63. The highest BCUT2D eigenvalue weighted by molar-refractivity contribution is 5.81. The fourth-order valence-corrected chi connectivity index (χ4v) is 1.32. The molecular weight excluding hydrogens is 221 g/mol. The molecule has 0 radical (unpaired) electrons. The predicted octanol–water partition coefficient (Wildman–Crippen LogP) is 2.38. The third kappa shape index (κ3) is 4.68. The summed E-state index contributed by atoms with van der Waals surface area (Å²) in [4.78, 5) is 12.9. The molecule has 1 rings (SSSR count). The van der Waals surface area contributed by atoms with Gasteiger partial charge in [-0.05, 0) is 25.1 Å². The molecular formula is C13H16FNO2. The summed E-state index contributed by atoms with van der Waals surface area (Å²) >= 11 is 0. The molecule has 3 nitrogen and oxygen atoms in total. The lowest BCUT2D eigenvalue weighted by atomic mass is 10.3. The lowest BCUT2D eigenvalue weighted by Gasteiger charge is -2.16. The molecule has 1 aromatic carbocycles. The van der Waals surface area contributed by atoms with Crippen LogP contribution in [-0.2, 0) is 9.53 Å². The van der Waals surface area contributed by atoms with Crippen LogP contribution in [0.2, 0.25) is 0 Å². The first-order valence-electron chi connectivity index (χ1n) is 5.43. The van der Waals surface area contributed by atoms with Gasteiger partial charge in [0.05, 0.1) is 6.61 Å². The van der Waals surface area contributed by atoms with Gasteiger partial charge in [0.2, 0.25) is 0 Å². The molecule has 0 atom stereocenters. The Bertz CT molecular complexity index is 404. The van der Waals surface area contributed by atoms with Crippen molar-refractivity contribution in [3.05, 3.63) is 42.2 Å². The average Bonchev–Trinajstić information content (AvgIpc) is 2.29. The van der Waals surface area contributed by atoms with E-state index in [-0.39, 0.29) is 11.8 Å². The van der Waals surface area contributed by atoms with Crippen LogP contribution < -0.4 is 4.90 Å². The molecule has 0 saturated heterocycles. The number of ether oxygens (including phenoxy) is 1. The number of nitrogens with zero attached hydrogens (tertiary/aromatic N) is 1. The Labute approximate surface area is 100 Å². The van der Waals surface area contributed by atoms with Crippen molar-refractivity contribution in [2.45, 2.75) is 6.92 Å². The number of hydrogen-bond donors (Lipinski definition) is 0. The van der Waals surface area contributed by atoms with Gasteiger partial charge in [-0.3, -0.25) is 0 Å². The van der Waals surface area contributed by atoms with Crippen LogP contribution in [0.25, 0.3) is 0 Å². The normalized spacial score (nSPS) is 10.5. The van der Waals surface area contributed by atoms with Gasteiger partial charge in [0, 0.05) is 25.4 Å². The number of esters is 1. The number of benzene rings is 1. The van der Waals surface area contributed by atoms with Gasteiger partial charge in [0.25, 0.3) is 0 Å². The van der Waals surface area contributed by atoms with E-state index in [9.17, 15) is 9.18 Å². The summed E-state index contributed by atoms with van der Waals surface area (Å²) < 4.78 is 17.7. The summed E-state index contributed by atoms with van der Waals surface area (Å²) in [5, 5.41) is 0. The number of hydrogen-bond acceptors (Lipinski definition) is 3. The molecule has 1 aromatic rings. The van der Waals surface area contributed by atoms with Crippen LogP contribution in [0, 0.1) is 5.82 Å². The molecule has 0 bridgehead atoms. The van der Waals surface area contributed by atoms with Crippen LogP contribution in [0.1, 0.15) is 6.92 Å². The highest BCUT2D eigenvalue weighted by Crippen LogP contribution is 2.13. The Morgan fingerprint density at radius 1 is 1.53 bits per heavy atom. The third-order valence-electron chi connectivity index (χ3n) is 2.17. The van der Waals surface area contributed by atoms with Gasteiger partial charge in [-0.15, -0.1) is 0 Å². The minimum absolute atomic E-state index is 0.274. The first-order valence-corrected chi connectivity index (χ1v) is 5.43. The largest absolute Gasteiger partial charge is 0.463 e. The van der Waals surface area contributed by atoms with Gasteiger partial charge >= 0.3 is 5.97 Å². The molecule has 0 heterocycles.